The summed E-state index contributed by atoms with van der Waals surface area (Å²) in [6.07, 6.45) is 0. The van der Waals surface area contributed by atoms with Crippen molar-refractivity contribution < 1.29 is 18.1 Å². The molecule has 3 aromatic rings. The summed E-state index contributed by atoms with van der Waals surface area (Å²) in [6.45, 7) is 1.85. The minimum absolute atomic E-state index is 0.0254. The fourth-order valence-corrected chi connectivity index (χ4v) is 3.92. The molecule has 0 aliphatic rings. The van der Waals surface area contributed by atoms with Gasteiger partial charge in [-0.3, -0.25) is 19.6 Å². The maximum absolute atomic E-state index is 12.5. The van der Waals surface area contributed by atoms with Crippen molar-refractivity contribution in [2.45, 2.75) is 11.8 Å². The Labute approximate surface area is 177 Å². The van der Waals surface area contributed by atoms with E-state index in [0.717, 1.165) is 5.56 Å². The van der Waals surface area contributed by atoms with Gasteiger partial charge in [0.15, 0.2) is 0 Å². The summed E-state index contributed by atoms with van der Waals surface area (Å²) < 4.78 is 27.4. The first kappa shape index (κ1) is 21.3. The summed E-state index contributed by atoms with van der Waals surface area (Å²) in [7, 11) is -3.85. The summed E-state index contributed by atoms with van der Waals surface area (Å²) in [5, 5.41) is 13.4. The van der Waals surface area contributed by atoms with Gasteiger partial charge in [-0.15, -0.1) is 0 Å². The number of hydrogen-bond acceptors (Lipinski definition) is 5. The van der Waals surface area contributed by atoms with Gasteiger partial charge in [0.25, 0.3) is 21.6 Å². The number of anilines is 2. The van der Waals surface area contributed by atoms with Gasteiger partial charge in [0.2, 0.25) is 0 Å². The molecular weight excluding hydrogens is 430 g/mol. The van der Waals surface area contributed by atoms with Crippen molar-refractivity contribution in [3.63, 3.8) is 0 Å². The maximum atomic E-state index is 12.5. The number of nitrogens with one attached hydrogen (secondary N) is 2. The number of halogens is 1. The zero-order chi connectivity index (χ0) is 21.9. The van der Waals surface area contributed by atoms with Crippen LogP contribution in [0.2, 0.25) is 5.02 Å². The SMILES string of the molecule is Cc1ccc(S(=O)(=O)Nc2ccc(C(=O)Nc3cccc([N+](=O)[O-])c3)cc2Cl)cc1. The van der Waals surface area contributed by atoms with Gasteiger partial charge in [0.1, 0.15) is 0 Å². The van der Waals surface area contributed by atoms with Crippen LogP contribution in [0.25, 0.3) is 0 Å². The third-order valence-corrected chi connectivity index (χ3v) is 5.82. The van der Waals surface area contributed by atoms with E-state index in [-0.39, 0.29) is 32.5 Å². The van der Waals surface area contributed by atoms with E-state index in [1.54, 1.807) is 12.1 Å². The van der Waals surface area contributed by atoms with Gasteiger partial charge in [0, 0.05) is 23.4 Å². The zero-order valence-corrected chi connectivity index (χ0v) is 17.2. The molecule has 154 valence electrons. The highest BCUT2D eigenvalue weighted by Gasteiger charge is 2.17. The monoisotopic (exact) mass is 445 g/mol. The predicted octanol–water partition coefficient (Wildman–Crippen LogP) is 4.61. The van der Waals surface area contributed by atoms with Crippen molar-refractivity contribution in [3.05, 3.63) is 93.0 Å². The smallest absolute Gasteiger partial charge is 0.271 e. The molecule has 0 saturated carbocycles. The standard InChI is InChI=1S/C20H16ClN3O5S/c1-13-5-8-17(9-6-13)30(28,29)23-19-10-7-14(11-18(19)21)20(25)22-15-3-2-4-16(12-15)24(26)27/h2-12,23H,1H3,(H,22,25). The van der Waals surface area contributed by atoms with Gasteiger partial charge < -0.3 is 5.32 Å². The molecule has 30 heavy (non-hydrogen) atoms. The Morgan fingerprint density at radius 1 is 1.03 bits per heavy atom. The van der Waals surface area contributed by atoms with Crippen LogP contribution in [0, 0.1) is 17.0 Å². The lowest BCUT2D eigenvalue weighted by molar-refractivity contribution is -0.384. The van der Waals surface area contributed by atoms with Crippen LogP contribution in [-0.2, 0) is 10.0 Å². The van der Waals surface area contributed by atoms with Gasteiger partial charge in [0.05, 0.1) is 20.5 Å². The molecule has 0 fully saturated rings. The first-order valence-electron chi connectivity index (χ1n) is 8.60. The molecule has 2 N–H and O–H groups in total. The van der Waals surface area contributed by atoms with E-state index in [1.807, 2.05) is 6.92 Å². The Balaban J connectivity index is 1.78. The number of nitro groups is 1. The molecule has 3 rings (SSSR count). The predicted molar refractivity (Wildman–Crippen MR) is 114 cm³/mol. The molecule has 10 heteroatoms. The Hall–Kier alpha value is -3.43. The van der Waals surface area contributed by atoms with Crippen LogP contribution in [0.5, 0.6) is 0 Å². The maximum Gasteiger partial charge on any atom is 0.271 e. The van der Waals surface area contributed by atoms with Crippen LogP contribution in [0.1, 0.15) is 15.9 Å². The van der Waals surface area contributed by atoms with Crippen molar-refractivity contribution in [2.75, 3.05) is 10.0 Å². The first-order valence-corrected chi connectivity index (χ1v) is 10.5. The van der Waals surface area contributed by atoms with E-state index in [2.05, 4.69) is 10.0 Å². The average molecular weight is 446 g/mol. The fraction of sp³-hybridized carbons (Fsp3) is 0.0500. The normalized spacial score (nSPS) is 11.0. The van der Waals surface area contributed by atoms with Crippen molar-refractivity contribution >= 4 is 44.6 Å². The number of aryl methyl sites for hydroxylation is 1. The molecule has 0 aliphatic carbocycles. The molecule has 0 aliphatic heterocycles. The summed E-state index contributed by atoms with van der Waals surface area (Å²) in [5.74, 6) is -0.551. The molecule has 0 heterocycles. The minimum atomic E-state index is -3.85. The van der Waals surface area contributed by atoms with E-state index in [1.165, 1.54) is 54.6 Å². The number of nitrogens with zero attached hydrogens (tertiary/aromatic N) is 1. The van der Waals surface area contributed by atoms with Crippen LogP contribution in [-0.4, -0.2) is 19.2 Å². The van der Waals surface area contributed by atoms with Crippen LogP contribution >= 0.6 is 11.6 Å². The van der Waals surface area contributed by atoms with E-state index in [4.69, 9.17) is 11.6 Å². The summed E-state index contributed by atoms with van der Waals surface area (Å²) in [6, 6.07) is 15.9. The summed E-state index contributed by atoms with van der Waals surface area (Å²) in [5.41, 5.74) is 1.28. The highest BCUT2D eigenvalue weighted by atomic mass is 35.5. The van der Waals surface area contributed by atoms with E-state index < -0.39 is 20.9 Å². The van der Waals surface area contributed by atoms with Crippen molar-refractivity contribution in [3.8, 4) is 0 Å². The van der Waals surface area contributed by atoms with Gasteiger partial charge in [-0.2, -0.15) is 0 Å². The quantitative estimate of drug-likeness (QED) is 0.424. The molecule has 0 bridgehead atoms. The van der Waals surface area contributed by atoms with Crippen LogP contribution < -0.4 is 10.0 Å². The van der Waals surface area contributed by atoms with Crippen LogP contribution in [0.15, 0.2) is 71.6 Å². The molecule has 1 amide bonds. The fourth-order valence-electron chi connectivity index (χ4n) is 2.56. The summed E-state index contributed by atoms with van der Waals surface area (Å²) in [4.78, 5) is 22.8. The van der Waals surface area contributed by atoms with Gasteiger partial charge >= 0.3 is 0 Å². The molecule has 0 saturated heterocycles. The summed E-state index contributed by atoms with van der Waals surface area (Å²) >= 11 is 6.17. The van der Waals surface area contributed by atoms with Crippen molar-refractivity contribution in [1.82, 2.24) is 0 Å². The number of carbonyl (C=O) groups excluding carboxylic acids is 1. The lowest BCUT2D eigenvalue weighted by atomic mass is 10.2. The molecule has 0 aromatic heterocycles. The highest BCUT2D eigenvalue weighted by Crippen LogP contribution is 2.27. The number of hydrogen-bond donors (Lipinski definition) is 2. The Kier molecular flexibility index (Phi) is 6.04. The lowest BCUT2D eigenvalue weighted by Gasteiger charge is -2.11. The van der Waals surface area contributed by atoms with Crippen molar-refractivity contribution in [2.24, 2.45) is 0 Å². The van der Waals surface area contributed by atoms with Gasteiger partial charge in [-0.05, 0) is 43.3 Å². The molecule has 3 aromatic carbocycles. The zero-order valence-electron chi connectivity index (χ0n) is 15.6. The van der Waals surface area contributed by atoms with Gasteiger partial charge in [-0.25, -0.2) is 8.42 Å². The highest BCUT2D eigenvalue weighted by molar-refractivity contribution is 7.92. The second-order valence-electron chi connectivity index (χ2n) is 6.37. The molecular formula is C20H16ClN3O5S. The topological polar surface area (TPSA) is 118 Å². The number of rotatable bonds is 6. The van der Waals surface area contributed by atoms with Crippen LogP contribution in [0.4, 0.5) is 17.1 Å². The first-order chi connectivity index (χ1) is 14.2. The second-order valence-corrected chi connectivity index (χ2v) is 8.46. The van der Waals surface area contributed by atoms with E-state index in [9.17, 15) is 23.3 Å². The number of non-ortho nitro benzene ring substituents is 1. The molecule has 0 radical (unpaired) electrons. The molecule has 0 spiro atoms. The Morgan fingerprint density at radius 3 is 2.37 bits per heavy atom. The van der Waals surface area contributed by atoms with E-state index >= 15 is 0 Å². The van der Waals surface area contributed by atoms with E-state index in [0.29, 0.717) is 0 Å². The number of benzene rings is 3. The number of carbonyl (C=O) groups is 1. The van der Waals surface area contributed by atoms with Crippen LogP contribution in [0.3, 0.4) is 0 Å². The Morgan fingerprint density at radius 2 is 1.73 bits per heavy atom. The minimum Gasteiger partial charge on any atom is -0.322 e. The third kappa shape index (κ3) is 4.94. The molecule has 0 atom stereocenters. The van der Waals surface area contributed by atoms with Gasteiger partial charge in [-0.1, -0.05) is 35.4 Å². The third-order valence-electron chi connectivity index (χ3n) is 4.12. The largest absolute Gasteiger partial charge is 0.322 e. The number of amides is 1. The molecule has 8 nitrogen and oxygen atoms in total. The second kappa shape index (κ2) is 8.52. The number of sulfonamides is 1. The van der Waals surface area contributed by atoms with Crippen molar-refractivity contribution in [1.29, 1.82) is 0 Å². The lowest BCUT2D eigenvalue weighted by Crippen LogP contribution is -2.15. The molecule has 0 unspecified atom stereocenters. The average Bonchev–Trinajstić information content (AvgIpc) is 2.70. The Bertz CT molecular complexity index is 1230. The number of nitro benzene ring substituents is 1.